The summed E-state index contributed by atoms with van der Waals surface area (Å²) in [6, 6.07) is 17.0. The van der Waals surface area contributed by atoms with E-state index in [-0.39, 0.29) is 5.91 Å². The Kier molecular flexibility index (Phi) is 5.83. The van der Waals surface area contributed by atoms with Gasteiger partial charge in [0, 0.05) is 11.6 Å². The summed E-state index contributed by atoms with van der Waals surface area (Å²) in [5.74, 6) is 1.10. The molecule has 1 amide bonds. The van der Waals surface area contributed by atoms with Crippen molar-refractivity contribution >= 4 is 63.5 Å². The fourth-order valence-corrected chi connectivity index (χ4v) is 4.41. The number of halogens is 2. The van der Waals surface area contributed by atoms with Crippen molar-refractivity contribution in [3.8, 4) is 11.3 Å². The van der Waals surface area contributed by atoms with Crippen molar-refractivity contribution in [2.75, 3.05) is 0 Å². The first kappa shape index (κ1) is 20.2. The molecule has 7 heteroatoms. The predicted molar refractivity (Wildman–Crippen MR) is 124 cm³/mol. The first-order chi connectivity index (χ1) is 13.9. The van der Waals surface area contributed by atoms with Gasteiger partial charge in [0.15, 0.2) is 0 Å². The van der Waals surface area contributed by atoms with E-state index in [0.29, 0.717) is 37.3 Å². The highest BCUT2D eigenvalue weighted by Gasteiger charge is 2.32. The molecule has 3 aromatic rings. The number of carbonyl (C=O) groups is 1. The maximum absolute atomic E-state index is 12.8. The lowest BCUT2D eigenvalue weighted by molar-refractivity contribution is -0.122. The first-order valence-corrected chi connectivity index (χ1v) is 10.7. The lowest BCUT2D eigenvalue weighted by atomic mass is 10.1. The Labute approximate surface area is 188 Å². The van der Waals surface area contributed by atoms with E-state index in [0.717, 1.165) is 11.1 Å². The van der Waals surface area contributed by atoms with E-state index in [1.54, 1.807) is 23.1 Å². The molecule has 4 rings (SSSR count). The number of furan rings is 1. The molecule has 1 aliphatic heterocycles. The van der Waals surface area contributed by atoms with E-state index in [1.165, 1.54) is 17.3 Å². The zero-order chi connectivity index (χ0) is 20.5. The van der Waals surface area contributed by atoms with Crippen LogP contribution in [0.2, 0.25) is 10.0 Å². The van der Waals surface area contributed by atoms with Gasteiger partial charge in [-0.2, -0.15) is 0 Å². The van der Waals surface area contributed by atoms with Gasteiger partial charge in [0.2, 0.25) is 0 Å². The number of thioether (sulfide) groups is 1. The smallest absolute Gasteiger partial charge is 0.266 e. The molecule has 1 aliphatic rings. The molecule has 0 unspecified atom stereocenters. The largest absolute Gasteiger partial charge is 0.457 e. The number of nitrogens with zero attached hydrogens (tertiary/aromatic N) is 1. The summed E-state index contributed by atoms with van der Waals surface area (Å²) in [6.07, 6.45) is 1.72. The number of carbonyl (C=O) groups excluding carboxylic acids is 1. The third-order valence-corrected chi connectivity index (χ3v) is 6.56. The van der Waals surface area contributed by atoms with Gasteiger partial charge >= 0.3 is 0 Å². The highest BCUT2D eigenvalue weighted by atomic mass is 35.5. The molecule has 146 valence electrons. The molecule has 0 spiro atoms. The second kappa shape index (κ2) is 8.36. The minimum Gasteiger partial charge on any atom is -0.457 e. The predicted octanol–water partition coefficient (Wildman–Crippen LogP) is 6.96. The van der Waals surface area contributed by atoms with Crippen LogP contribution in [0.3, 0.4) is 0 Å². The Morgan fingerprint density at radius 2 is 1.83 bits per heavy atom. The van der Waals surface area contributed by atoms with Crippen LogP contribution in [-0.4, -0.2) is 15.1 Å². The topological polar surface area (TPSA) is 33.5 Å². The van der Waals surface area contributed by atoms with Gasteiger partial charge in [0.05, 0.1) is 21.5 Å². The fourth-order valence-electron chi connectivity index (χ4n) is 2.88. The maximum Gasteiger partial charge on any atom is 0.266 e. The van der Waals surface area contributed by atoms with Crippen LogP contribution in [0.15, 0.2) is 63.9 Å². The summed E-state index contributed by atoms with van der Waals surface area (Å²) in [7, 11) is 0. The molecule has 1 aromatic heterocycles. The molecule has 1 saturated heterocycles. The molecule has 2 heterocycles. The summed E-state index contributed by atoms with van der Waals surface area (Å²) in [5, 5.41) is 0.943. The van der Waals surface area contributed by atoms with E-state index in [2.05, 4.69) is 0 Å². The van der Waals surface area contributed by atoms with Crippen molar-refractivity contribution in [2.24, 2.45) is 0 Å². The van der Waals surface area contributed by atoms with Crippen molar-refractivity contribution < 1.29 is 9.21 Å². The third-order valence-electron chi connectivity index (χ3n) is 4.44. The van der Waals surface area contributed by atoms with Gasteiger partial charge in [-0.1, -0.05) is 77.0 Å². The average Bonchev–Trinajstić information content (AvgIpc) is 3.26. The molecular weight excluding hydrogens is 445 g/mol. The highest BCUT2D eigenvalue weighted by Crippen LogP contribution is 2.35. The van der Waals surface area contributed by atoms with Crippen molar-refractivity contribution in [2.45, 2.75) is 13.5 Å². The van der Waals surface area contributed by atoms with Crippen LogP contribution >= 0.6 is 47.2 Å². The lowest BCUT2D eigenvalue weighted by Gasteiger charge is -2.14. The van der Waals surface area contributed by atoms with Gasteiger partial charge in [0.1, 0.15) is 15.8 Å². The Morgan fingerprint density at radius 3 is 2.55 bits per heavy atom. The standard InChI is InChI=1S/C22H15Cl2NO2S2/c1-13-2-4-14(5-3-13)12-25-21(26)20(29-22(25)28)11-16-7-9-19(27-16)15-6-8-17(23)18(24)10-15/h2-11H,12H2,1H3/b20-11-. The van der Waals surface area contributed by atoms with E-state index >= 15 is 0 Å². The minimum atomic E-state index is -0.118. The average molecular weight is 460 g/mol. The van der Waals surface area contributed by atoms with Gasteiger partial charge < -0.3 is 4.42 Å². The molecule has 3 nitrogen and oxygen atoms in total. The monoisotopic (exact) mass is 459 g/mol. The van der Waals surface area contributed by atoms with E-state index in [4.69, 9.17) is 39.8 Å². The molecule has 2 aromatic carbocycles. The molecule has 0 saturated carbocycles. The second-order valence-corrected chi connectivity index (χ2v) is 9.07. The second-order valence-electron chi connectivity index (χ2n) is 6.58. The zero-order valence-corrected chi connectivity index (χ0v) is 18.5. The number of amides is 1. The van der Waals surface area contributed by atoms with Crippen LogP contribution in [0, 0.1) is 6.92 Å². The third kappa shape index (κ3) is 4.43. The van der Waals surface area contributed by atoms with Crippen LogP contribution < -0.4 is 0 Å². The summed E-state index contributed by atoms with van der Waals surface area (Å²) >= 11 is 18.7. The molecule has 1 fully saturated rings. The summed E-state index contributed by atoms with van der Waals surface area (Å²) in [5.41, 5.74) is 3.02. The van der Waals surface area contributed by atoms with Crippen LogP contribution in [0.4, 0.5) is 0 Å². The Hall–Kier alpha value is -2.05. The molecule has 0 atom stereocenters. The van der Waals surface area contributed by atoms with Crippen molar-refractivity contribution in [3.05, 3.63) is 86.4 Å². The first-order valence-electron chi connectivity index (χ1n) is 8.77. The molecule has 0 N–H and O–H groups in total. The van der Waals surface area contributed by atoms with Gasteiger partial charge in [-0.15, -0.1) is 0 Å². The van der Waals surface area contributed by atoms with Crippen molar-refractivity contribution in [1.29, 1.82) is 0 Å². The fraction of sp³-hybridized carbons (Fsp3) is 0.0909. The van der Waals surface area contributed by atoms with E-state index in [1.807, 2.05) is 49.4 Å². The van der Waals surface area contributed by atoms with Crippen LogP contribution in [0.25, 0.3) is 17.4 Å². The number of benzene rings is 2. The molecule has 0 radical (unpaired) electrons. The maximum atomic E-state index is 12.8. The van der Waals surface area contributed by atoms with E-state index < -0.39 is 0 Å². The quantitative estimate of drug-likeness (QED) is 0.311. The number of aryl methyl sites for hydroxylation is 1. The SMILES string of the molecule is Cc1ccc(CN2C(=O)/C(=C/c3ccc(-c4ccc(Cl)c(Cl)c4)o3)SC2=S)cc1. The molecule has 29 heavy (non-hydrogen) atoms. The summed E-state index contributed by atoms with van der Waals surface area (Å²) < 4.78 is 6.41. The minimum absolute atomic E-state index is 0.118. The zero-order valence-electron chi connectivity index (χ0n) is 15.3. The summed E-state index contributed by atoms with van der Waals surface area (Å²) in [4.78, 5) is 15.0. The Balaban J connectivity index is 1.53. The van der Waals surface area contributed by atoms with Crippen LogP contribution in [0.1, 0.15) is 16.9 Å². The normalized spacial score (nSPS) is 15.6. The number of rotatable bonds is 4. The van der Waals surface area contributed by atoms with Gasteiger partial charge in [-0.25, -0.2) is 0 Å². The number of hydrogen-bond acceptors (Lipinski definition) is 4. The molecule has 0 aliphatic carbocycles. The van der Waals surface area contributed by atoms with Gasteiger partial charge in [-0.05, 0) is 42.8 Å². The summed E-state index contributed by atoms with van der Waals surface area (Å²) in [6.45, 7) is 2.48. The van der Waals surface area contributed by atoms with E-state index in [9.17, 15) is 4.79 Å². The highest BCUT2D eigenvalue weighted by molar-refractivity contribution is 8.26. The van der Waals surface area contributed by atoms with Crippen molar-refractivity contribution in [1.82, 2.24) is 4.90 Å². The van der Waals surface area contributed by atoms with Crippen molar-refractivity contribution in [3.63, 3.8) is 0 Å². The van der Waals surface area contributed by atoms with Crippen LogP contribution in [-0.2, 0) is 11.3 Å². The molecular formula is C22H15Cl2NO2S2. The Morgan fingerprint density at radius 1 is 1.07 bits per heavy atom. The Bertz CT molecular complexity index is 1140. The number of hydrogen-bond donors (Lipinski definition) is 0. The van der Waals surface area contributed by atoms with Gasteiger partial charge in [0.25, 0.3) is 5.91 Å². The lowest BCUT2D eigenvalue weighted by Crippen LogP contribution is -2.27. The number of thiocarbonyl (C=S) groups is 1. The van der Waals surface area contributed by atoms with Crippen LogP contribution in [0.5, 0.6) is 0 Å². The molecule has 0 bridgehead atoms. The van der Waals surface area contributed by atoms with Gasteiger partial charge in [-0.3, -0.25) is 9.69 Å².